The van der Waals surface area contributed by atoms with Crippen LogP contribution in [0.15, 0.2) is 17.0 Å². The van der Waals surface area contributed by atoms with E-state index in [9.17, 15) is 13.5 Å². The third kappa shape index (κ3) is 3.50. The number of rotatable bonds is 6. The standard InChI is InChI=1S/C14H24N2O3S/c1-5-11-7-13(15)12(6-2)14(8-11)20(18,19)16(4)9-10(3)17/h7-8,10,17H,5-6,9,15H2,1-4H3. The fourth-order valence-electron chi connectivity index (χ4n) is 2.18. The Balaban J connectivity index is 3.39. The first-order valence-electron chi connectivity index (χ1n) is 6.79. The molecule has 3 N–H and O–H groups in total. The van der Waals surface area contributed by atoms with Gasteiger partial charge in [0.05, 0.1) is 11.0 Å². The highest BCUT2D eigenvalue weighted by molar-refractivity contribution is 7.89. The molecule has 20 heavy (non-hydrogen) atoms. The van der Waals surface area contributed by atoms with Crippen LogP contribution in [0.5, 0.6) is 0 Å². The molecule has 1 aromatic rings. The number of sulfonamides is 1. The van der Waals surface area contributed by atoms with Gasteiger partial charge in [0.1, 0.15) is 0 Å². The van der Waals surface area contributed by atoms with Gasteiger partial charge < -0.3 is 10.8 Å². The quantitative estimate of drug-likeness (QED) is 0.778. The smallest absolute Gasteiger partial charge is 0.243 e. The maximum absolute atomic E-state index is 12.6. The van der Waals surface area contributed by atoms with Crippen molar-refractivity contribution in [2.75, 3.05) is 19.3 Å². The van der Waals surface area contributed by atoms with E-state index >= 15 is 0 Å². The molecular formula is C14H24N2O3S. The van der Waals surface area contributed by atoms with Crippen molar-refractivity contribution in [2.45, 2.75) is 44.6 Å². The van der Waals surface area contributed by atoms with Gasteiger partial charge in [-0.05, 0) is 43.0 Å². The van der Waals surface area contributed by atoms with E-state index < -0.39 is 16.1 Å². The van der Waals surface area contributed by atoms with E-state index in [1.165, 1.54) is 11.4 Å². The van der Waals surface area contributed by atoms with E-state index in [0.29, 0.717) is 17.7 Å². The van der Waals surface area contributed by atoms with Crippen LogP contribution in [0.25, 0.3) is 0 Å². The van der Waals surface area contributed by atoms with Crippen LogP contribution in [0.2, 0.25) is 0 Å². The first-order chi connectivity index (χ1) is 9.23. The zero-order valence-electron chi connectivity index (χ0n) is 12.5. The normalized spacial score (nSPS) is 13.7. The Labute approximate surface area is 121 Å². The van der Waals surface area contributed by atoms with Crippen molar-refractivity contribution in [3.8, 4) is 0 Å². The molecule has 1 atom stereocenters. The lowest BCUT2D eigenvalue weighted by Crippen LogP contribution is -2.33. The molecule has 0 bridgehead atoms. The minimum Gasteiger partial charge on any atom is -0.398 e. The van der Waals surface area contributed by atoms with Gasteiger partial charge in [-0.3, -0.25) is 0 Å². The summed E-state index contributed by atoms with van der Waals surface area (Å²) in [4.78, 5) is 0.250. The van der Waals surface area contributed by atoms with Crippen molar-refractivity contribution >= 4 is 15.7 Å². The van der Waals surface area contributed by atoms with Gasteiger partial charge in [0.15, 0.2) is 0 Å². The molecule has 0 aliphatic carbocycles. The number of nitrogen functional groups attached to an aromatic ring is 1. The molecule has 0 radical (unpaired) electrons. The summed E-state index contributed by atoms with van der Waals surface area (Å²) >= 11 is 0. The van der Waals surface area contributed by atoms with Crippen LogP contribution < -0.4 is 5.73 Å². The van der Waals surface area contributed by atoms with E-state index in [1.807, 2.05) is 19.9 Å². The number of benzene rings is 1. The van der Waals surface area contributed by atoms with Gasteiger partial charge >= 0.3 is 0 Å². The van der Waals surface area contributed by atoms with Crippen LogP contribution >= 0.6 is 0 Å². The molecule has 114 valence electrons. The van der Waals surface area contributed by atoms with E-state index in [4.69, 9.17) is 5.73 Å². The Hall–Kier alpha value is -1.11. The summed E-state index contributed by atoms with van der Waals surface area (Å²) in [5.74, 6) is 0. The monoisotopic (exact) mass is 300 g/mol. The molecular weight excluding hydrogens is 276 g/mol. The summed E-state index contributed by atoms with van der Waals surface area (Å²) in [6.45, 7) is 5.45. The Morgan fingerprint density at radius 2 is 1.90 bits per heavy atom. The van der Waals surface area contributed by atoms with E-state index in [2.05, 4.69) is 0 Å². The predicted octanol–water partition coefficient (Wildman–Crippen LogP) is 1.39. The fraction of sp³-hybridized carbons (Fsp3) is 0.571. The molecule has 0 amide bonds. The maximum atomic E-state index is 12.6. The Kier molecular flexibility index (Phi) is 5.56. The second kappa shape index (κ2) is 6.56. The molecule has 0 aromatic heterocycles. The summed E-state index contributed by atoms with van der Waals surface area (Å²) in [5, 5.41) is 9.38. The number of hydrogen-bond acceptors (Lipinski definition) is 4. The fourth-order valence-corrected chi connectivity index (χ4v) is 3.80. The number of aryl methyl sites for hydroxylation is 1. The molecule has 0 fully saturated rings. The average Bonchev–Trinajstić information content (AvgIpc) is 2.36. The first-order valence-corrected chi connectivity index (χ1v) is 8.23. The average molecular weight is 300 g/mol. The lowest BCUT2D eigenvalue weighted by Gasteiger charge is -2.21. The zero-order valence-corrected chi connectivity index (χ0v) is 13.4. The molecule has 0 aliphatic heterocycles. The minimum atomic E-state index is -3.64. The van der Waals surface area contributed by atoms with Crippen LogP contribution in [0, 0.1) is 0 Å². The van der Waals surface area contributed by atoms with E-state index in [0.717, 1.165) is 12.0 Å². The lowest BCUT2D eigenvalue weighted by molar-refractivity contribution is 0.171. The molecule has 0 aliphatic rings. The summed E-state index contributed by atoms with van der Waals surface area (Å²) in [6.07, 6.45) is 0.551. The summed E-state index contributed by atoms with van der Waals surface area (Å²) in [5.41, 5.74) is 8.01. The molecule has 6 heteroatoms. The Morgan fingerprint density at radius 3 is 2.35 bits per heavy atom. The van der Waals surface area contributed by atoms with E-state index in [-0.39, 0.29) is 11.4 Å². The summed E-state index contributed by atoms with van der Waals surface area (Å²) in [6, 6.07) is 3.51. The number of aliphatic hydroxyl groups excluding tert-OH is 1. The van der Waals surface area contributed by atoms with Crippen LogP contribution in [0.1, 0.15) is 31.9 Å². The lowest BCUT2D eigenvalue weighted by atomic mass is 10.1. The number of aliphatic hydroxyl groups is 1. The minimum absolute atomic E-state index is 0.0573. The van der Waals surface area contributed by atoms with Gasteiger partial charge in [-0.1, -0.05) is 13.8 Å². The van der Waals surface area contributed by atoms with Crippen molar-refractivity contribution in [3.63, 3.8) is 0 Å². The molecule has 1 aromatic carbocycles. The zero-order chi connectivity index (χ0) is 15.5. The third-order valence-corrected chi connectivity index (χ3v) is 5.16. The molecule has 1 unspecified atom stereocenters. The van der Waals surface area contributed by atoms with Crippen molar-refractivity contribution < 1.29 is 13.5 Å². The van der Waals surface area contributed by atoms with Gasteiger partial charge in [0.2, 0.25) is 10.0 Å². The Bertz CT molecular complexity index is 568. The van der Waals surface area contributed by atoms with Gasteiger partial charge in [0, 0.05) is 19.3 Å². The van der Waals surface area contributed by atoms with Crippen molar-refractivity contribution in [3.05, 3.63) is 23.3 Å². The number of nitrogens with zero attached hydrogens (tertiary/aromatic N) is 1. The van der Waals surface area contributed by atoms with Crippen molar-refractivity contribution in [1.82, 2.24) is 4.31 Å². The van der Waals surface area contributed by atoms with Crippen LogP contribution in [0.3, 0.4) is 0 Å². The van der Waals surface area contributed by atoms with Crippen LogP contribution in [-0.2, 0) is 22.9 Å². The highest BCUT2D eigenvalue weighted by atomic mass is 32.2. The third-order valence-electron chi connectivity index (χ3n) is 3.27. The highest BCUT2D eigenvalue weighted by Crippen LogP contribution is 2.27. The summed E-state index contributed by atoms with van der Waals surface area (Å²) in [7, 11) is -2.17. The second-order valence-electron chi connectivity index (χ2n) is 5.00. The van der Waals surface area contributed by atoms with Gasteiger partial charge in [-0.2, -0.15) is 4.31 Å². The summed E-state index contributed by atoms with van der Waals surface area (Å²) < 4.78 is 26.4. The topological polar surface area (TPSA) is 83.6 Å². The van der Waals surface area contributed by atoms with Crippen molar-refractivity contribution in [2.24, 2.45) is 0 Å². The van der Waals surface area contributed by atoms with Crippen LogP contribution in [0.4, 0.5) is 5.69 Å². The number of anilines is 1. The van der Waals surface area contributed by atoms with Gasteiger partial charge in [-0.25, -0.2) is 8.42 Å². The molecule has 0 saturated carbocycles. The van der Waals surface area contributed by atoms with Gasteiger partial charge in [-0.15, -0.1) is 0 Å². The van der Waals surface area contributed by atoms with Crippen LogP contribution in [-0.4, -0.2) is 37.5 Å². The highest BCUT2D eigenvalue weighted by Gasteiger charge is 2.25. The first kappa shape index (κ1) is 16.9. The SMILES string of the molecule is CCc1cc(N)c(CC)c(S(=O)(=O)N(C)CC(C)O)c1. The molecule has 1 rings (SSSR count). The number of nitrogens with two attached hydrogens (primary N) is 1. The van der Waals surface area contributed by atoms with Gasteiger partial charge in [0.25, 0.3) is 0 Å². The maximum Gasteiger partial charge on any atom is 0.243 e. The number of hydrogen-bond donors (Lipinski definition) is 2. The molecule has 0 spiro atoms. The second-order valence-corrected chi connectivity index (χ2v) is 7.02. The molecule has 0 saturated heterocycles. The van der Waals surface area contributed by atoms with Crippen molar-refractivity contribution in [1.29, 1.82) is 0 Å². The predicted molar refractivity (Wildman–Crippen MR) is 81.1 cm³/mol. The molecule has 0 heterocycles. The Morgan fingerprint density at radius 1 is 1.30 bits per heavy atom. The molecule has 5 nitrogen and oxygen atoms in total. The van der Waals surface area contributed by atoms with E-state index in [1.54, 1.807) is 13.0 Å². The largest absolute Gasteiger partial charge is 0.398 e. The number of likely N-dealkylation sites (N-methyl/N-ethyl adjacent to an activating group) is 1.